The van der Waals surface area contributed by atoms with Crippen LogP contribution in [0.25, 0.3) is 11.1 Å². The van der Waals surface area contributed by atoms with E-state index in [1.807, 2.05) is 56.0 Å². The highest BCUT2D eigenvalue weighted by molar-refractivity contribution is 6.05. The van der Waals surface area contributed by atoms with Crippen LogP contribution in [0.3, 0.4) is 0 Å². The van der Waals surface area contributed by atoms with Gasteiger partial charge in [0.05, 0.1) is 0 Å². The van der Waals surface area contributed by atoms with Crippen LogP contribution in [0.1, 0.15) is 48.5 Å². The van der Waals surface area contributed by atoms with Crippen molar-refractivity contribution in [1.82, 2.24) is 4.90 Å². The molecule has 3 nitrogen and oxygen atoms in total. The van der Waals surface area contributed by atoms with Gasteiger partial charge in [0.25, 0.3) is 5.91 Å². The Balaban J connectivity index is 1.82. The summed E-state index contributed by atoms with van der Waals surface area (Å²) in [6.07, 6.45) is 0.894. The molecule has 1 aliphatic heterocycles. The van der Waals surface area contributed by atoms with Crippen LogP contribution in [-0.4, -0.2) is 17.1 Å². The van der Waals surface area contributed by atoms with E-state index in [1.54, 1.807) is 0 Å². The molecule has 3 aromatic carbocycles. The molecule has 3 aromatic rings. The van der Waals surface area contributed by atoms with Gasteiger partial charge >= 0.3 is 0 Å². The third kappa shape index (κ3) is 2.93. The maximum atomic E-state index is 13.1. The molecule has 0 unspecified atom stereocenters. The summed E-state index contributed by atoms with van der Waals surface area (Å²) in [7, 11) is 0. The minimum Gasteiger partial charge on any atom is -0.330 e. The number of carbonyl (C=O) groups excluding carboxylic acids is 2. The van der Waals surface area contributed by atoms with E-state index in [0.29, 0.717) is 24.2 Å². The fraction of sp³-hybridized carbons (Fsp3) is 0.200. The number of hydrogen-bond donors (Lipinski definition) is 0. The van der Waals surface area contributed by atoms with Crippen molar-refractivity contribution >= 4 is 12.2 Å². The molecule has 0 atom stereocenters. The quantitative estimate of drug-likeness (QED) is 0.589. The Labute approximate surface area is 165 Å². The van der Waals surface area contributed by atoms with Gasteiger partial charge in [0.2, 0.25) is 0 Å². The zero-order valence-electron chi connectivity index (χ0n) is 16.5. The van der Waals surface area contributed by atoms with Crippen LogP contribution in [-0.2, 0) is 13.1 Å². The Morgan fingerprint density at radius 3 is 2.21 bits per heavy atom. The number of nitrogens with zero attached hydrogens (tertiary/aromatic N) is 1. The lowest BCUT2D eigenvalue weighted by Crippen LogP contribution is -2.23. The molecule has 0 saturated carbocycles. The molecule has 140 valence electrons. The first kappa shape index (κ1) is 18.2. The first-order valence-electron chi connectivity index (χ1n) is 9.52. The lowest BCUT2D eigenvalue weighted by molar-refractivity contribution is 0.0766. The molecule has 0 bridgehead atoms. The number of aryl methyl sites for hydroxylation is 1. The molecule has 3 heteroatoms. The zero-order chi connectivity index (χ0) is 19.8. The summed E-state index contributed by atoms with van der Waals surface area (Å²) in [6, 6.07) is 18.2. The minimum atomic E-state index is 0.0120. The SMILES string of the molecule is Cc1ccc(-c2c(C)c3c(c(C)c2C=O)C(=O)N(Cc2ccccc2)C3)cc1. The van der Waals surface area contributed by atoms with E-state index in [0.717, 1.165) is 39.7 Å². The second kappa shape index (κ2) is 7.08. The van der Waals surface area contributed by atoms with Gasteiger partial charge in [-0.25, -0.2) is 0 Å². The number of rotatable bonds is 4. The normalized spacial score (nSPS) is 13.0. The van der Waals surface area contributed by atoms with E-state index in [2.05, 4.69) is 24.3 Å². The molecule has 4 rings (SSSR count). The summed E-state index contributed by atoms with van der Waals surface area (Å²) in [6.45, 7) is 7.12. The van der Waals surface area contributed by atoms with E-state index in [-0.39, 0.29) is 5.91 Å². The Morgan fingerprint density at radius 2 is 1.57 bits per heavy atom. The summed E-state index contributed by atoms with van der Waals surface area (Å²) in [4.78, 5) is 27.0. The topological polar surface area (TPSA) is 37.4 Å². The Kier molecular flexibility index (Phi) is 4.60. The van der Waals surface area contributed by atoms with Crippen molar-refractivity contribution in [2.75, 3.05) is 0 Å². The predicted molar refractivity (Wildman–Crippen MR) is 111 cm³/mol. The highest BCUT2D eigenvalue weighted by Crippen LogP contribution is 2.38. The van der Waals surface area contributed by atoms with Gasteiger partial charge in [-0.05, 0) is 54.2 Å². The van der Waals surface area contributed by atoms with Gasteiger partial charge in [0.1, 0.15) is 0 Å². The molecule has 0 radical (unpaired) electrons. The summed E-state index contributed by atoms with van der Waals surface area (Å²) < 4.78 is 0. The van der Waals surface area contributed by atoms with E-state index in [1.165, 1.54) is 5.56 Å². The average molecular weight is 369 g/mol. The van der Waals surface area contributed by atoms with Gasteiger partial charge in [0, 0.05) is 24.2 Å². The van der Waals surface area contributed by atoms with Crippen LogP contribution >= 0.6 is 0 Å². The van der Waals surface area contributed by atoms with Crippen molar-refractivity contribution in [3.63, 3.8) is 0 Å². The van der Waals surface area contributed by atoms with Gasteiger partial charge in [-0.3, -0.25) is 9.59 Å². The highest BCUT2D eigenvalue weighted by atomic mass is 16.2. The molecule has 1 aliphatic rings. The minimum absolute atomic E-state index is 0.0120. The molecule has 28 heavy (non-hydrogen) atoms. The second-order valence-corrected chi connectivity index (χ2v) is 7.52. The average Bonchev–Trinajstić information content (AvgIpc) is 3.03. The summed E-state index contributed by atoms with van der Waals surface area (Å²) in [5.74, 6) is 0.0120. The maximum absolute atomic E-state index is 13.1. The largest absolute Gasteiger partial charge is 0.330 e. The van der Waals surface area contributed by atoms with Crippen LogP contribution in [0.2, 0.25) is 0 Å². The van der Waals surface area contributed by atoms with E-state index < -0.39 is 0 Å². The van der Waals surface area contributed by atoms with E-state index >= 15 is 0 Å². The Morgan fingerprint density at radius 1 is 0.893 bits per heavy atom. The summed E-state index contributed by atoms with van der Waals surface area (Å²) in [5, 5.41) is 0. The summed E-state index contributed by atoms with van der Waals surface area (Å²) in [5.41, 5.74) is 8.42. The number of amides is 1. The van der Waals surface area contributed by atoms with Crippen LogP contribution < -0.4 is 0 Å². The molecule has 0 aromatic heterocycles. The van der Waals surface area contributed by atoms with Gasteiger partial charge in [0.15, 0.2) is 6.29 Å². The molecule has 1 heterocycles. The van der Waals surface area contributed by atoms with Crippen molar-refractivity contribution in [2.45, 2.75) is 33.9 Å². The Bertz CT molecular complexity index is 1070. The van der Waals surface area contributed by atoms with Crippen LogP contribution in [0, 0.1) is 20.8 Å². The number of carbonyl (C=O) groups is 2. The van der Waals surface area contributed by atoms with Crippen molar-refractivity contribution in [3.8, 4) is 11.1 Å². The third-order valence-corrected chi connectivity index (χ3v) is 5.70. The number of aldehydes is 1. The molecule has 0 fully saturated rings. The molecule has 1 amide bonds. The fourth-order valence-electron chi connectivity index (χ4n) is 4.17. The lowest BCUT2D eigenvalue weighted by Gasteiger charge is -2.16. The van der Waals surface area contributed by atoms with Crippen LogP contribution in [0.4, 0.5) is 0 Å². The van der Waals surface area contributed by atoms with Gasteiger partial charge < -0.3 is 4.90 Å². The first-order valence-corrected chi connectivity index (χ1v) is 9.52. The standard InChI is InChI=1S/C25H23NO2/c1-16-9-11-20(12-10-16)23-17(2)21-14-26(13-19-7-5-4-6-8-19)25(28)24(21)18(3)22(23)15-27/h4-12,15H,13-14H2,1-3H3. The smallest absolute Gasteiger partial charge is 0.255 e. The maximum Gasteiger partial charge on any atom is 0.255 e. The second-order valence-electron chi connectivity index (χ2n) is 7.52. The molecular weight excluding hydrogens is 346 g/mol. The third-order valence-electron chi connectivity index (χ3n) is 5.70. The lowest BCUT2D eigenvalue weighted by atomic mass is 9.86. The molecular formula is C25H23NO2. The first-order chi connectivity index (χ1) is 13.5. The predicted octanol–water partition coefficient (Wildman–Crippen LogP) is 5.25. The van der Waals surface area contributed by atoms with Crippen molar-refractivity contribution in [2.24, 2.45) is 0 Å². The monoisotopic (exact) mass is 369 g/mol. The molecule has 0 aliphatic carbocycles. The van der Waals surface area contributed by atoms with Gasteiger partial charge in [-0.1, -0.05) is 60.2 Å². The van der Waals surface area contributed by atoms with Crippen molar-refractivity contribution in [3.05, 3.63) is 93.5 Å². The van der Waals surface area contributed by atoms with Crippen LogP contribution in [0.15, 0.2) is 54.6 Å². The van der Waals surface area contributed by atoms with Gasteiger partial charge in [-0.15, -0.1) is 0 Å². The Hall–Kier alpha value is -3.20. The van der Waals surface area contributed by atoms with Crippen molar-refractivity contribution in [1.29, 1.82) is 0 Å². The number of fused-ring (bicyclic) bond motifs is 1. The molecule has 0 N–H and O–H groups in total. The van der Waals surface area contributed by atoms with E-state index in [4.69, 9.17) is 0 Å². The van der Waals surface area contributed by atoms with E-state index in [9.17, 15) is 9.59 Å². The number of benzene rings is 3. The fourth-order valence-corrected chi connectivity index (χ4v) is 4.17. The van der Waals surface area contributed by atoms with Crippen LogP contribution in [0.5, 0.6) is 0 Å². The molecule has 0 spiro atoms. The van der Waals surface area contributed by atoms with Gasteiger partial charge in [-0.2, -0.15) is 0 Å². The number of hydrogen-bond acceptors (Lipinski definition) is 2. The summed E-state index contributed by atoms with van der Waals surface area (Å²) >= 11 is 0. The zero-order valence-corrected chi connectivity index (χ0v) is 16.5. The highest BCUT2D eigenvalue weighted by Gasteiger charge is 2.33. The van der Waals surface area contributed by atoms with Crippen molar-refractivity contribution < 1.29 is 9.59 Å². The molecule has 0 saturated heterocycles.